The lowest BCUT2D eigenvalue weighted by atomic mass is 10.3. The zero-order valence-corrected chi connectivity index (χ0v) is 8.64. The van der Waals surface area contributed by atoms with Crippen LogP contribution in [0.5, 0.6) is 0 Å². The van der Waals surface area contributed by atoms with Gasteiger partial charge in [0.05, 0.1) is 18.2 Å². The van der Waals surface area contributed by atoms with E-state index >= 15 is 0 Å². The maximum atomic E-state index is 13.3. The Labute approximate surface area is 91.7 Å². The average molecular weight is 219 g/mol. The zero-order valence-electron chi connectivity index (χ0n) is 8.64. The highest BCUT2D eigenvalue weighted by Crippen LogP contribution is 2.13. The van der Waals surface area contributed by atoms with Crippen LogP contribution in [0.15, 0.2) is 36.8 Å². The molecule has 0 fully saturated rings. The fourth-order valence-electron chi connectivity index (χ4n) is 1.32. The summed E-state index contributed by atoms with van der Waals surface area (Å²) in [6.07, 6.45) is 2.94. The molecule has 0 saturated heterocycles. The predicted octanol–water partition coefficient (Wildman–Crippen LogP) is 1.81. The van der Waals surface area contributed by atoms with Crippen LogP contribution in [0.2, 0.25) is 0 Å². The van der Waals surface area contributed by atoms with Gasteiger partial charge in [0.1, 0.15) is 11.5 Å². The SMILES string of the molecule is Cn1cncc1C(=O)Nc1ccccc1F. The molecule has 0 aliphatic carbocycles. The molecular formula is C11H10FN3O. The van der Waals surface area contributed by atoms with Crippen LogP contribution in [0.1, 0.15) is 10.5 Å². The molecule has 0 saturated carbocycles. The van der Waals surface area contributed by atoms with Crippen LogP contribution in [-0.4, -0.2) is 15.5 Å². The first-order valence-corrected chi connectivity index (χ1v) is 4.70. The molecule has 0 unspecified atom stereocenters. The molecule has 1 heterocycles. The van der Waals surface area contributed by atoms with E-state index in [4.69, 9.17) is 0 Å². The Kier molecular flexibility index (Phi) is 2.68. The van der Waals surface area contributed by atoms with Gasteiger partial charge in [-0.05, 0) is 12.1 Å². The number of imidazole rings is 1. The molecule has 1 aromatic carbocycles. The Balaban J connectivity index is 2.21. The van der Waals surface area contributed by atoms with E-state index in [1.54, 1.807) is 23.7 Å². The molecule has 1 aromatic heterocycles. The fourth-order valence-corrected chi connectivity index (χ4v) is 1.32. The summed E-state index contributed by atoms with van der Waals surface area (Å²) in [7, 11) is 1.70. The van der Waals surface area contributed by atoms with Gasteiger partial charge in [-0.2, -0.15) is 0 Å². The number of nitrogens with one attached hydrogen (secondary N) is 1. The summed E-state index contributed by atoms with van der Waals surface area (Å²) in [6, 6.07) is 6.01. The summed E-state index contributed by atoms with van der Waals surface area (Å²) >= 11 is 0. The standard InChI is InChI=1S/C11H10FN3O/c1-15-7-13-6-10(15)11(16)14-9-5-3-2-4-8(9)12/h2-7H,1H3,(H,14,16). The molecule has 5 heteroatoms. The quantitative estimate of drug-likeness (QED) is 0.837. The molecule has 4 nitrogen and oxygen atoms in total. The summed E-state index contributed by atoms with van der Waals surface area (Å²) in [5.74, 6) is -0.844. The molecule has 2 aromatic rings. The first kappa shape index (κ1) is 10.4. The van der Waals surface area contributed by atoms with Crippen LogP contribution >= 0.6 is 0 Å². The molecule has 1 N–H and O–H groups in total. The van der Waals surface area contributed by atoms with E-state index < -0.39 is 5.82 Å². The largest absolute Gasteiger partial charge is 0.330 e. The normalized spacial score (nSPS) is 10.1. The van der Waals surface area contributed by atoms with Crippen LogP contribution in [-0.2, 0) is 7.05 Å². The molecule has 0 spiro atoms. The number of rotatable bonds is 2. The number of nitrogens with zero attached hydrogens (tertiary/aromatic N) is 2. The zero-order chi connectivity index (χ0) is 11.5. The van der Waals surface area contributed by atoms with Crippen molar-refractivity contribution in [3.8, 4) is 0 Å². The number of hydrogen-bond donors (Lipinski definition) is 1. The number of hydrogen-bond acceptors (Lipinski definition) is 2. The van der Waals surface area contributed by atoms with Crippen molar-refractivity contribution < 1.29 is 9.18 Å². The molecule has 0 aliphatic rings. The van der Waals surface area contributed by atoms with E-state index in [1.165, 1.54) is 24.7 Å². The molecule has 0 bridgehead atoms. The molecular weight excluding hydrogens is 209 g/mol. The highest BCUT2D eigenvalue weighted by molar-refractivity contribution is 6.02. The van der Waals surface area contributed by atoms with Crippen LogP contribution < -0.4 is 5.32 Å². The molecule has 16 heavy (non-hydrogen) atoms. The molecule has 2 rings (SSSR count). The van der Waals surface area contributed by atoms with E-state index in [0.717, 1.165) is 0 Å². The van der Waals surface area contributed by atoms with E-state index in [1.807, 2.05) is 0 Å². The van der Waals surface area contributed by atoms with Gasteiger partial charge in [0, 0.05) is 7.05 Å². The lowest BCUT2D eigenvalue weighted by Crippen LogP contribution is -2.16. The minimum absolute atomic E-state index is 0.161. The Bertz CT molecular complexity index is 521. The average Bonchev–Trinajstić information content (AvgIpc) is 2.68. The third-order valence-corrected chi connectivity index (χ3v) is 2.17. The summed E-state index contributed by atoms with van der Waals surface area (Å²) in [4.78, 5) is 15.5. The minimum atomic E-state index is -0.460. The van der Waals surface area contributed by atoms with Crippen molar-refractivity contribution in [2.24, 2.45) is 7.05 Å². The van der Waals surface area contributed by atoms with Crippen molar-refractivity contribution in [2.75, 3.05) is 5.32 Å². The second-order valence-electron chi connectivity index (χ2n) is 3.32. The third-order valence-electron chi connectivity index (χ3n) is 2.17. The van der Waals surface area contributed by atoms with E-state index in [2.05, 4.69) is 10.3 Å². The van der Waals surface area contributed by atoms with E-state index in [-0.39, 0.29) is 11.6 Å². The number of carbonyl (C=O) groups is 1. The number of anilines is 1. The Morgan fingerprint density at radius 2 is 2.19 bits per heavy atom. The Morgan fingerprint density at radius 3 is 2.81 bits per heavy atom. The van der Waals surface area contributed by atoms with Gasteiger partial charge in [-0.15, -0.1) is 0 Å². The lowest BCUT2D eigenvalue weighted by Gasteiger charge is -2.05. The van der Waals surface area contributed by atoms with Crippen LogP contribution in [0.4, 0.5) is 10.1 Å². The molecule has 0 atom stereocenters. The van der Waals surface area contributed by atoms with Crippen molar-refractivity contribution in [3.63, 3.8) is 0 Å². The van der Waals surface area contributed by atoms with Gasteiger partial charge in [0.25, 0.3) is 5.91 Å². The maximum Gasteiger partial charge on any atom is 0.274 e. The van der Waals surface area contributed by atoms with Crippen molar-refractivity contribution >= 4 is 11.6 Å². The van der Waals surface area contributed by atoms with Gasteiger partial charge >= 0.3 is 0 Å². The van der Waals surface area contributed by atoms with Gasteiger partial charge in [0.15, 0.2) is 0 Å². The van der Waals surface area contributed by atoms with Crippen molar-refractivity contribution in [1.29, 1.82) is 0 Å². The second kappa shape index (κ2) is 4.14. The highest BCUT2D eigenvalue weighted by atomic mass is 19.1. The fraction of sp³-hybridized carbons (Fsp3) is 0.0909. The number of benzene rings is 1. The third kappa shape index (κ3) is 1.93. The summed E-state index contributed by atoms with van der Waals surface area (Å²) in [6.45, 7) is 0. The smallest absolute Gasteiger partial charge is 0.274 e. The molecule has 1 amide bonds. The molecule has 0 radical (unpaired) electrons. The molecule has 82 valence electrons. The number of aromatic nitrogens is 2. The lowest BCUT2D eigenvalue weighted by molar-refractivity contribution is 0.101. The van der Waals surface area contributed by atoms with Gasteiger partial charge in [-0.3, -0.25) is 4.79 Å². The van der Waals surface area contributed by atoms with Crippen LogP contribution in [0, 0.1) is 5.82 Å². The summed E-state index contributed by atoms with van der Waals surface area (Å²) in [5, 5.41) is 2.48. The highest BCUT2D eigenvalue weighted by Gasteiger charge is 2.11. The van der Waals surface area contributed by atoms with Crippen LogP contribution in [0.3, 0.4) is 0 Å². The number of amides is 1. The Morgan fingerprint density at radius 1 is 1.44 bits per heavy atom. The number of halogens is 1. The maximum absolute atomic E-state index is 13.3. The van der Waals surface area contributed by atoms with E-state index in [9.17, 15) is 9.18 Å². The van der Waals surface area contributed by atoms with Gasteiger partial charge in [0.2, 0.25) is 0 Å². The Hall–Kier alpha value is -2.17. The van der Waals surface area contributed by atoms with Gasteiger partial charge in [-0.1, -0.05) is 12.1 Å². The van der Waals surface area contributed by atoms with Gasteiger partial charge < -0.3 is 9.88 Å². The topological polar surface area (TPSA) is 46.9 Å². The number of aryl methyl sites for hydroxylation is 1. The summed E-state index contributed by atoms with van der Waals surface area (Å²) in [5.41, 5.74) is 0.539. The van der Waals surface area contributed by atoms with Gasteiger partial charge in [-0.25, -0.2) is 9.37 Å². The number of para-hydroxylation sites is 1. The first-order valence-electron chi connectivity index (χ1n) is 4.70. The van der Waals surface area contributed by atoms with Crippen molar-refractivity contribution in [2.45, 2.75) is 0 Å². The second-order valence-corrected chi connectivity index (χ2v) is 3.32. The minimum Gasteiger partial charge on any atom is -0.330 e. The predicted molar refractivity (Wildman–Crippen MR) is 57.6 cm³/mol. The number of carbonyl (C=O) groups excluding carboxylic acids is 1. The monoisotopic (exact) mass is 219 g/mol. The van der Waals surface area contributed by atoms with Crippen LogP contribution in [0.25, 0.3) is 0 Å². The van der Waals surface area contributed by atoms with Crippen molar-refractivity contribution in [3.05, 3.63) is 48.3 Å². The van der Waals surface area contributed by atoms with E-state index in [0.29, 0.717) is 5.69 Å². The van der Waals surface area contributed by atoms with Crippen molar-refractivity contribution in [1.82, 2.24) is 9.55 Å². The first-order chi connectivity index (χ1) is 7.68. The molecule has 0 aliphatic heterocycles. The summed E-state index contributed by atoms with van der Waals surface area (Å²) < 4.78 is 14.8.